The first kappa shape index (κ1) is 30.5. The van der Waals surface area contributed by atoms with Gasteiger partial charge in [0.2, 0.25) is 0 Å². The minimum atomic E-state index is -0.112. The van der Waals surface area contributed by atoms with Gasteiger partial charge >= 0.3 is 0 Å². The Morgan fingerprint density at radius 3 is 1.79 bits per heavy atom. The van der Waals surface area contributed by atoms with Gasteiger partial charge in [0.25, 0.3) is 0 Å². The molecule has 0 bridgehead atoms. The molecule has 0 saturated carbocycles. The number of hydrogen-bond acceptors (Lipinski definition) is 1. The Bertz CT molecular complexity index is 2210. The first-order chi connectivity index (χ1) is 22.9. The fraction of sp³-hybridized carbons (Fsp3) is 0.234. The van der Waals surface area contributed by atoms with E-state index in [0.29, 0.717) is 0 Å². The molecule has 0 N–H and O–H groups in total. The first-order valence-corrected chi connectivity index (χ1v) is 17.4. The average Bonchev–Trinajstić information content (AvgIpc) is 3.44. The third kappa shape index (κ3) is 4.51. The van der Waals surface area contributed by atoms with Crippen molar-refractivity contribution in [1.82, 2.24) is 0 Å². The number of aryl methyl sites for hydroxylation is 1. The third-order valence-electron chi connectivity index (χ3n) is 11.1. The van der Waals surface area contributed by atoms with Crippen LogP contribution in [0.3, 0.4) is 0 Å². The van der Waals surface area contributed by atoms with Crippen LogP contribution < -0.4 is 4.90 Å². The van der Waals surface area contributed by atoms with Crippen LogP contribution in [0, 0.1) is 6.92 Å². The van der Waals surface area contributed by atoms with E-state index >= 15 is 0 Å². The van der Waals surface area contributed by atoms with E-state index in [0.717, 1.165) is 5.69 Å². The molecular weight excluding hydrogens is 579 g/mol. The van der Waals surface area contributed by atoms with Gasteiger partial charge in [-0.05, 0) is 104 Å². The molecule has 0 amide bonds. The highest BCUT2D eigenvalue weighted by atomic mass is 15.1. The number of rotatable bonds is 4. The standard InChI is InChI=1S/C47H45N/c1-30-27-37-42(29-40(30)45(2,3)4)47(7,8)39-19-14-20-43(44(37)39)48(33-23-21-32(22-24-33)31-15-10-9-11-16-31)34-25-26-36-35-17-12-13-18-38(35)46(5,6)41(36)28-34/h9-29H,1-8H3. The summed E-state index contributed by atoms with van der Waals surface area (Å²) in [6, 6.07) is 47.8. The normalized spacial score (nSPS) is 15.0. The quantitative estimate of drug-likeness (QED) is 0.189. The molecule has 0 saturated heterocycles. The molecule has 0 heterocycles. The van der Waals surface area contributed by atoms with E-state index < -0.39 is 0 Å². The van der Waals surface area contributed by atoms with E-state index in [-0.39, 0.29) is 16.2 Å². The van der Waals surface area contributed by atoms with Crippen LogP contribution >= 0.6 is 0 Å². The molecule has 2 aliphatic carbocycles. The fourth-order valence-corrected chi connectivity index (χ4v) is 8.61. The van der Waals surface area contributed by atoms with Crippen LogP contribution in [0.4, 0.5) is 17.1 Å². The maximum absolute atomic E-state index is 2.51. The second kappa shape index (κ2) is 10.6. The summed E-state index contributed by atoms with van der Waals surface area (Å²) in [6.07, 6.45) is 0. The minimum Gasteiger partial charge on any atom is -0.310 e. The van der Waals surface area contributed by atoms with E-state index in [1.54, 1.807) is 0 Å². The van der Waals surface area contributed by atoms with Crippen LogP contribution in [0.5, 0.6) is 0 Å². The summed E-state index contributed by atoms with van der Waals surface area (Å²) in [5, 5.41) is 0. The van der Waals surface area contributed by atoms with Gasteiger partial charge < -0.3 is 4.90 Å². The minimum absolute atomic E-state index is 0.0775. The largest absolute Gasteiger partial charge is 0.310 e. The van der Waals surface area contributed by atoms with Crippen molar-refractivity contribution in [3.05, 3.63) is 161 Å². The smallest absolute Gasteiger partial charge is 0.0543 e. The van der Waals surface area contributed by atoms with E-state index in [9.17, 15) is 0 Å². The molecule has 0 fully saturated rings. The second-order valence-corrected chi connectivity index (χ2v) is 15.9. The Morgan fingerprint density at radius 2 is 1.06 bits per heavy atom. The van der Waals surface area contributed by atoms with Crippen molar-refractivity contribution < 1.29 is 0 Å². The van der Waals surface area contributed by atoms with Crippen molar-refractivity contribution in [3.63, 3.8) is 0 Å². The number of benzene rings is 6. The topological polar surface area (TPSA) is 3.24 Å². The van der Waals surface area contributed by atoms with Crippen molar-refractivity contribution in [2.75, 3.05) is 4.90 Å². The van der Waals surface area contributed by atoms with Crippen LogP contribution in [-0.4, -0.2) is 0 Å². The highest BCUT2D eigenvalue weighted by Crippen LogP contribution is 2.56. The third-order valence-corrected chi connectivity index (χ3v) is 11.1. The molecule has 0 spiro atoms. The Balaban J connectivity index is 1.36. The maximum Gasteiger partial charge on any atom is 0.0543 e. The summed E-state index contributed by atoms with van der Waals surface area (Å²) in [5.74, 6) is 0. The number of nitrogens with zero attached hydrogens (tertiary/aromatic N) is 1. The Hall–Kier alpha value is -4.88. The van der Waals surface area contributed by atoms with Crippen LogP contribution in [0.15, 0.2) is 127 Å². The van der Waals surface area contributed by atoms with Crippen molar-refractivity contribution in [2.24, 2.45) is 0 Å². The second-order valence-electron chi connectivity index (χ2n) is 15.9. The number of hydrogen-bond donors (Lipinski definition) is 0. The van der Waals surface area contributed by atoms with Gasteiger partial charge in [0.15, 0.2) is 0 Å². The maximum atomic E-state index is 2.51. The van der Waals surface area contributed by atoms with Crippen LogP contribution in [0.2, 0.25) is 0 Å². The fourth-order valence-electron chi connectivity index (χ4n) is 8.61. The lowest BCUT2D eigenvalue weighted by Gasteiger charge is -2.30. The summed E-state index contributed by atoms with van der Waals surface area (Å²) < 4.78 is 0. The number of fused-ring (bicyclic) bond motifs is 6. The lowest BCUT2D eigenvalue weighted by molar-refractivity contribution is 0.580. The molecule has 48 heavy (non-hydrogen) atoms. The van der Waals surface area contributed by atoms with E-state index in [1.165, 1.54) is 78.1 Å². The molecule has 2 aliphatic rings. The molecule has 238 valence electrons. The SMILES string of the molecule is Cc1cc2c(cc1C(C)(C)C)C(C)(C)c1cccc(N(c3ccc(-c4ccccc4)cc3)c3ccc4c(c3)C(C)(C)c3ccccc3-4)c1-2. The van der Waals surface area contributed by atoms with Crippen LogP contribution in [-0.2, 0) is 16.2 Å². The first-order valence-electron chi connectivity index (χ1n) is 17.4. The van der Waals surface area contributed by atoms with Crippen molar-refractivity contribution in [1.29, 1.82) is 0 Å². The monoisotopic (exact) mass is 623 g/mol. The van der Waals surface area contributed by atoms with E-state index in [4.69, 9.17) is 0 Å². The molecule has 6 aromatic rings. The van der Waals surface area contributed by atoms with Gasteiger partial charge in [0.05, 0.1) is 5.69 Å². The molecule has 8 rings (SSSR count). The van der Waals surface area contributed by atoms with Crippen LogP contribution in [0.1, 0.15) is 81.8 Å². The van der Waals surface area contributed by atoms with Gasteiger partial charge in [-0.3, -0.25) is 0 Å². The summed E-state index contributed by atoms with van der Waals surface area (Å²) in [6.45, 7) is 18.8. The Kier molecular flexibility index (Phi) is 6.70. The lowest BCUT2D eigenvalue weighted by Crippen LogP contribution is -2.19. The molecule has 0 unspecified atom stereocenters. The highest BCUT2D eigenvalue weighted by molar-refractivity contribution is 5.96. The van der Waals surface area contributed by atoms with Crippen molar-refractivity contribution in [3.8, 4) is 33.4 Å². The van der Waals surface area contributed by atoms with Crippen LogP contribution in [0.25, 0.3) is 33.4 Å². The lowest BCUT2D eigenvalue weighted by atomic mass is 9.77. The van der Waals surface area contributed by atoms with Gasteiger partial charge in [-0.1, -0.05) is 146 Å². The average molecular weight is 624 g/mol. The molecular formula is C47H45N. The van der Waals surface area contributed by atoms with Gasteiger partial charge in [-0.15, -0.1) is 0 Å². The van der Waals surface area contributed by atoms with Crippen molar-refractivity contribution >= 4 is 17.1 Å². The molecule has 6 aromatic carbocycles. The molecule has 0 aromatic heterocycles. The zero-order chi connectivity index (χ0) is 33.6. The van der Waals surface area contributed by atoms with Gasteiger partial charge in [-0.25, -0.2) is 0 Å². The number of anilines is 3. The summed E-state index contributed by atoms with van der Waals surface area (Å²) in [7, 11) is 0. The van der Waals surface area contributed by atoms with E-state index in [2.05, 4.69) is 188 Å². The van der Waals surface area contributed by atoms with Crippen molar-refractivity contribution in [2.45, 2.75) is 71.6 Å². The highest BCUT2D eigenvalue weighted by Gasteiger charge is 2.40. The van der Waals surface area contributed by atoms with Gasteiger partial charge in [0, 0.05) is 27.8 Å². The molecule has 0 atom stereocenters. The zero-order valence-corrected chi connectivity index (χ0v) is 29.6. The van der Waals surface area contributed by atoms with E-state index in [1.807, 2.05) is 0 Å². The summed E-state index contributed by atoms with van der Waals surface area (Å²) in [5.41, 5.74) is 19.7. The predicted molar refractivity (Wildman–Crippen MR) is 205 cm³/mol. The Morgan fingerprint density at radius 1 is 0.479 bits per heavy atom. The van der Waals surface area contributed by atoms with Gasteiger partial charge in [0.1, 0.15) is 0 Å². The van der Waals surface area contributed by atoms with Gasteiger partial charge in [-0.2, -0.15) is 0 Å². The molecule has 0 aliphatic heterocycles. The summed E-state index contributed by atoms with van der Waals surface area (Å²) >= 11 is 0. The molecule has 1 nitrogen and oxygen atoms in total. The Labute approximate surface area is 286 Å². The molecule has 0 radical (unpaired) electrons. The predicted octanol–water partition coefficient (Wildman–Crippen LogP) is 13.0. The molecule has 1 heteroatoms. The summed E-state index contributed by atoms with van der Waals surface area (Å²) in [4.78, 5) is 2.51. The zero-order valence-electron chi connectivity index (χ0n) is 29.6.